The molecule has 3 nitrogen and oxygen atoms in total. The van der Waals surface area contributed by atoms with Gasteiger partial charge in [-0.25, -0.2) is 0 Å². The van der Waals surface area contributed by atoms with Crippen molar-refractivity contribution in [3.8, 4) is 0 Å². The van der Waals surface area contributed by atoms with E-state index in [9.17, 15) is 9.59 Å². The van der Waals surface area contributed by atoms with Crippen LogP contribution in [0.1, 0.15) is 22.2 Å². The lowest BCUT2D eigenvalue weighted by atomic mass is 10.1. The Morgan fingerprint density at radius 3 is 2.40 bits per heavy atom. The summed E-state index contributed by atoms with van der Waals surface area (Å²) in [5.41, 5.74) is 1.61. The normalized spacial score (nSPS) is 10.7. The van der Waals surface area contributed by atoms with Gasteiger partial charge in [-0.05, 0) is 35.9 Å². The number of hydrogen-bond donors (Lipinski definition) is 1. The van der Waals surface area contributed by atoms with Crippen molar-refractivity contribution in [3.63, 3.8) is 0 Å². The summed E-state index contributed by atoms with van der Waals surface area (Å²) in [5.74, 6) is -0.189. The molecule has 0 unspecified atom stereocenters. The van der Waals surface area contributed by atoms with Crippen LogP contribution in [-0.4, -0.2) is 11.7 Å². The van der Waals surface area contributed by atoms with Gasteiger partial charge in [0.1, 0.15) is 0 Å². The van der Waals surface area contributed by atoms with Crippen LogP contribution in [0.5, 0.6) is 0 Å². The number of halogens is 1. The van der Waals surface area contributed by atoms with Gasteiger partial charge >= 0.3 is 0 Å². The Labute approximate surface area is 125 Å². The standard InChI is InChI=1S/C15H12ClNO2S/c1-10(18)17-12-5-2-11(3-6-12)4-7-13(19)14-8-9-15(16)20-14/h2-9H,1H3,(H,17,18)/b7-4+. The topological polar surface area (TPSA) is 46.2 Å². The minimum Gasteiger partial charge on any atom is -0.326 e. The molecule has 102 valence electrons. The molecule has 2 aromatic rings. The number of thiophene rings is 1. The molecule has 0 radical (unpaired) electrons. The van der Waals surface area contributed by atoms with Crippen LogP contribution in [-0.2, 0) is 4.79 Å². The maximum atomic E-state index is 11.9. The number of benzene rings is 1. The van der Waals surface area contributed by atoms with Crippen molar-refractivity contribution in [3.05, 3.63) is 57.3 Å². The maximum Gasteiger partial charge on any atom is 0.221 e. The van der Waals surface area contributed by atoms with Crippen LogP contribution in [0.2, 0.25) is 4.34 Å². The van der Waals surface area contributed by atoms with Crippen LogP contribution >= 0.6 is 22.9 Å². The predicted molar refractivity (Wildman–Crippen MR) is 83.4 cm³/mol. The van der Waals surface area contributed by atoms with E-state index in [0.717, 1.165) is 11.3 Å². The number of hydrogen-bond acceptors (Lipinski definition) is 3. The first kappa shape index (κ1) is 14.5. The van der Waals surface area contributed by atoms with Crippen LogP contribution < -0.4 is 5.32 Å². The van der Waals surface area contributed by atoms with E-state index in [2.05, 4.69) is 5.32 Å². The van der Waals surface area contributed by atoms with Gasteiger partial charge < -0.3 is 5.32 Å². The Hall–Kier alpha value is -1.91. The van der Waals surface area contributed by atoms with Crippen LogP contribution in [0.3, 0.4) is 0 Å². The Bertz CT molecular complexity index is 659. The molecule has 5 heteroatoms. The number of carbonyl (C=O) groups is 2. The quantitative estimate of drug-likeness (QED) is 0.678. The van der Waals surface area contributed by atoms with E-state index >= 15 is 0 Å². The van der Waals surface area contributed by atoms with Gasteiger partial charge in [-0.15, -0.1) is 11.3 Å². The summed E-state index contributed by atoms with van der Waals surface area (Å²) in [6.45, 7) is 1.46. The van der Waals surface area contributed by atoms with Crippen molar-refractivity contribution in [2.24, 2.45) is 0 Å². The third-order valence-electron chi connectivity index (χ3n) is 2.47. The van der Waals surface area contributed by atoms with Gasteiger partial charge in [-0.3, -0.25) is 9.59 Å². The molecule has 0 atom stereocenters. The second kappa shape index (κ2) is 6.50. The van der Waals surface area contributed by atoms with Crippen molar-refractivity contribution < 1.29 is 9.59 Å². The van der Waals surface area contributed by atoms with E-state index in [0.29, 0.717) is 9.21 Å². The summed E-state index contributed by atoms with van der Waals surface area (Å²) in [5, 5.41) is 2.68. The van der Waals surface area contributed by atoms with Gasteiger partial charge in [0.15, 0.2) is 5.78 Å². The fourth-order valence-electron chi connectivity index (χ4n) is 1.58. The Morgan fingerprint density at radius 2 is 1.85 bits per heavy atom. The van der Waals surface area contributed by atoms with Crippen LogP contribution in [0.25, 0.3) is 6.08 Å². The fourth-order valence-corrected chi connectivity index (χ4v) is 2.54. The minimum absolute atomic E-state index is 0.0761. The highest BCUT2D eigenvalue weighted by Gasteiger charge is 2.04. The Morgan fingerprint density at radius 1 is 1.15 bits per heavy atom. The molecule has 0 fully saturated rings. The number of carbonyl (C=O) groups excluding carboxylic acids is 2. The van der Waals surface area contributed by atoms with E-state index in [1.165, 1.54) is 24.3 Å². The highest BCUT2D eigenvalue weighted by Crippen LogP contribution is 2.22. The van der Waals surface area contributed by atoms with Gasteiger partial charge in [0.2, 0.25) is 5.91 Å². The molecule has 0 saturated heterocycles. The molecule has 0 spiro atoms. The molecule has 0 aliphatic rings. The second-order valence-corrected chi connectivity index (χ2v) is 5.82. The summed E-state index contributed by atoms with van der Waals surface area (Å²) < 4.78 is 0.599. The lowest BCUT2D eigenvalue weighted by Crippen LogP contribution is -2.05. The zero-order valence-electron chi connectivity index (χ0n) is 10.7. The van der Waals surface area contributed by atoms with Crippen LogP contribution in [0.4, 0.5) is 5.69 Å². The molecule has 1 amide bonds. The molecule has 20 heavy (non-hydrogen) atoms. The van der Waals surface area contributed by atoms with Gasteiger partial charge in [0, 0.05) is 12.6 Å². The molecule has 0 bridgehead atoms. The van der Waals surface area contributed by atoms with Crippen molar-refractivity contribution in [2.75, 3.05) is 5.32 Å². The zero-order chi connectivity index (χ0) is 14.5. The first-order valence-corrected chi connectivity index (χ1v) is 7.09. The van der Waals surface area contributed by atoms with Crippen molar-refractivity contribution in [2.45, 2.75) is 6.92 Å². The van der Waals surface area contributed by atoms with Gasteiger partial charge in [0.25, 0.3) is 0 Å². The summed E-state index contributed by atoms with van der Waals surface area (Å²) >= 11 is 7.05. The van der Waals surface area contributed by atoms with Crippen molar-refractivity contribution in [1.82, 2.24) is 0 Å². The van der Waals surface area contributed by atoms with Crippen molar-refractivity contribution >= 4 is 46.4 Å². The van der Waals surface area contributed by atoms with Gasteiger partial charge in [-0.2, -0.15) is 0 Å². The molecule has 0 aliphatic heterocycles. The maximum absolute atomic E-state index is 11.9. The average Bonchev–Trinajstić information content (AvgIpc) is 2.84. The third kappa shape index (κ3) is 4.05. The number of ketones is 1. The number of nitrogens with one attached hydrogen (secondary N) is 1. The van der Waals surface area contributed by atoms with E-state index in [-0.39, 0.29) is 11.7 Å². The first-order chi connectivity index (χ1) is 9.54. The average molecular weight is 306 g/mol. The third-order valence-corrected chi connectivity index (χ3v) is 3.72. The van der Waals surface area contributed by atoms with Crippen molar-refractivity contribution in [1.29, 1.82) is 0 Å². The van der Waals surface area contributed by atoms with E-state index in [4.69, 9.17) is 11.6 Å². The van der Waals surface area contributed by atoms with Crippen LogP contribution in [0.15, 0.2) is 42.5 Å². The lowest BCUT2D eigenvalue weighted by Gasteiger charge is -2.01. The smallest absolute Gasteiger partial charge is 0.221 e. The summed E-state index contributed by atoms with van der Waals surface area (Å²) in [7, 11) is 0. The monoisotopic (exact) mass is 305 g/mol. The number of amides is 1. The Kier molecular flexibility index (Phi) is 4.71. The van der Waals surface area contributed by atoms with Gasteiger partial charge in [0.05, 0.1) is 9.21 Å². The molecular weight excluding hydrogens is 294 g/mol. The SMILES string of the molecule is CC(=O)Nc1ccc(/C=C/C(=O)c2ccc(Cl)s2)cc1. The largest absolute Gasteiger partial charge is 0.326 e. The molecule has 2 rings (SSSR count). The highest BCUT2D eigenvalue weighted by atomic mass is 35.5. The number of anilines is 1. The number of allylic oxidation sites excluding steroid dienone is 1. The molecule has 0 saturated carbocycles. The summed E-state index contributed by atoms with van der Waals surface area (Å²) in [6, 6.07) is 10.6. The van der Waals surface area contributed by atoms with E-state index in [1.807, 2.05) is 12.1 Å². The fraction of sp³-hybridized carbons (Fsp3) is 0.0667. The molecule has 1 aromatic carbocycles. The molecule has 0 aliphatic carbocycles. The van der Waals surface area contributed by atoms with Crippen LogP contribution in [0, 0.1) is 0 Å². The summed E-state index contributed by atoms with van der Waals surface area (Å²) in [6.07, 6.45) is 3.24. The van der Waals surface area contributed by atoms with Gasteiger partial charge in [-0.1, -0.05) is 29.8 Å². The van der Waals surface area contributed by atoms with E-state index in [1.54, 1.807) is 30.3 Å². The minimum atomic E-state index is -0.113. The molecule has 1 N–H and O–H groups in total. The molecule has 1 heterocycles. The molecule has 1 aromatic heterocycles. The Balaban J connectivity index is 2.04. The highest BCUT2D eigenvalue weighted by molar-refractivity contribution is 7.18. The zero-order valence-corrected chi connectivity index (χ0v) is 12.3. The summed E-state index contributed by atoms with van der Waals surface area (Å²) in [4.78, 5) is 23.4. The lowest BCUT2D eigenvalue weighted by molar-refractivity contribution is -0.114. The van der Waals surface area contributed by atoms with E-state index < -0.39 is 0 Å². The first-order valence-electron chi connectivity index (χ1n) is 5.90. The second-order valence-electron chi connectivity index (χ2n) is 4.10. The predicted octanol–water partition coefficient (Wildman–Crippen LogP) is 4.26. The molecular formula is C15H12ClNO2S. The number of rotatable bonds is 4.